The van der Waals surface area contributed by atoms with Gasteiger partial charge in [-0.15, -0.1) is 14.8 Å². The van der Waals surface area contributed by atoms with Gasteiger partial charge < -0.3 is 10.2 Å². The number of piperidine rings is 1. The van der Waals surface area contributed by atoms with Gasteiger partial charge in [-0.3, -0.25) is 0 Å². The number of nitrogens with zero attached hydrogens (tertiary/aromatic N) is 6. The highest BCUT2D eigenvalue weighted by Crippen LogP contribution is 2.16. The normalized spacial score (nSPS) is 17.2. The standard InChI is InChI=1S/C11H17N7/c1-17(8-9-4-6-12-7-5-9)11-3-2-10-13-15-16-18(10)14-11/h2-3,9,12H,4-8H2,1H3. The van der Waals surface area contributed by atoms with E-state index in [0.29, 0.717) is 5.65 Å². The molecule has 0 aromatic carbocycles. The molecule has 1 N–H and O–H groups in total. The topological polar surface area (TPSA) is 71.2 Å². The fraction of sp³-hybridized carbons (Fsp3) is 0.636. The molecule has 96 valence electrons. The Bertz CT molecular complexity index is 517. The van der Waals surface area contributed by atoms with Crippen molar-refractivity contribution in [3.63, 3.8) is 0 Å². The van der Waals surface area contributed by atoms with Crippen molar-refractivity contribution in [3.8, 4) is 0 Å². The number of tetrazole rings is 1. The summed E-state index contributed by atoms with van der Waals surface area (Å²) in [7, 11) is 2.07. The molecule has 1 fully saturated rings. The van der Waals surface area contributed by atoms with Crippen molar-refractivity contribution in [2.75, 3.05) is 31.6 Å². The zero-order chi connectivity index (χ0) is 12.4. The Balaban J connectivity index is 1.72. The summed E-state index contributed by atoms with van der Waals surface area (Å²) in [6, 6.07) is 3.86. The van der Waals surface area contributed by atoms with Gasteiger partial charge in [0.2, 0.25) is 0 Å². The van der Waals surface area contributed by atoms with Crippen molar-refractivity contribution in [2.24, 2.45) is 5.92 Å². The minimum Gasteiger partial charge on any atom is -0.358 e. The molecule has 1 saturated heterocycles. The van der Waals surface area contributed by atoms with Crippen LogP contribution >= 0.6 is 0 Å². The van der Waals surface area contributed by atoms with Gasteiger partial charge >= 0.3 is 0 Å². The largest absolute Gasteiger partial charge is 0.358 e. The molecule has 0 amide bonds. The zero-order valence-electron chi connectivity index (χ0n) is 10.5. The summed E-state index contributed by atoms with van der Waals surface area (Å²) >= 11 is 0. The lowest BCUT2D eigenvalue weighted by Gasteiger charge is -2.27. The van der Waals surface area contributed by atoms with Crippen LogP contribution in [0, 0.1) is 5.92 Å². The summed E-state index contributed by atoms with van der Waals surface area (Å²) in [5.74, 6) is 1.65. The van der Waals surface area contributed by atoms with E-state index in [-0.39, 0.29) is 0 Å². The van der Waals surface area contributed by atoms with Gasteiger partial charge in [0.25, 0.3) is 0 Å². The molecule has 18 heavy (non-hydrogen) atoms. The second-order valence-electron chi connectivity index (χ2n) is 4.79. The lowest BCUT2D eigenvalue weighted by molar-refractivity contribution is 0.377. The van der Waals surface area contributed by atoms with Gasteiger partial charge in [-0.1, -0.05) is 0 Å². The van der Waals surface area contributed by atoms with Crippen LogP contribution in [0.2, 0.25) is 0 Å². The average Bonchev–Trinajstić information content (AvgIpc) is 2.87. The minimum absolute atomic E-state index is 0.675. The van der Waals surface area contributed by atoms with Crippen LogP contribution < -0.4 is 10.2 Å². The summed E-state index contributed by atoms with van der Waals surface area (Å²) in [4.78, 5) is 2.18. The lowest BCUT2D eigenvalue weighted by atomic mass is 9.98. The molecule has 0 bridgehead atoms. The van der Waals surface area contributed by atoms with E-state index in [1.54, 1.807) is 0 Å². The van der Waals surface area contributed by atoms with Crippen LogP contribution in [0.3, 0.4) is 0 Å². The number of aromatic nitrogens is 5. The predicted molar refractivity (Wildman–Crippen MR) is 67.4 cm³/mol. The molecule has 0 aliphatic carbocycles. The number of fused-ring (bicyclic) bond motifs is 1. The van der Waals surface area contributed by atoms with Crippen LogP contribution in [-0.2, 0) is 0 Å². The van der Waals surface area contributed by atoms with Crippen molar-refractivity contribution < 1.29 is 0 Å². The Morgan fingerprint density at radius 3 is 3.06 bits per heavy atom. The van der Waals surface area contributed by atoms with E-state index in [2.05, 4.69) is 37.9 Å². The molecule has 1 aliphatic rings. The molecular weight excluding hydrogens is 230 g/mol. The molecule has 2 aromatic heterocycles. The first-order valence-electron chi connectivity index (χ1n) is 6.30. The minimum atomic E-state index is 0.675. The Kier molecular flexibility index (Phi) is 3.06. The first kappa shape index (κ1) is 11.3. The van der Waals surface area contributed by atoms with Crippen LogP contribution in [-0.4, -0.2) is 51.9 Å². The van der Waals surface area contributed by atoms with E-state index in [0.717, 1.165) is 31.4 Å². The molecule has 7 heteroatoms. The van der Waals surface area contributed by atoms with Crippen molar-refractivity contribution in [1.82, 2.24) is 30.6 Å². The fourth-order valence-electron chi connectivity index (χ4n) is 2.39. The van der Waals surface area contributed by atoms with E-state index >= 15 is 0 Å². The maximum atomic E-state index is 4.39. The van der Waals surface area contributed by atoms with Crippen LogP contribution in [0.25, 0.3) is 5.65 Å². The zero-order valence-corrected chi connectivity index (χ0v) is 10.5. The molecule has 0 saturated carbocycles. The highest BCUT2D eigenvalue weighted by molar-refractivity contribution is 5.43. The summed E-state index contributed by atoms with van der Waals surface area (Å²) < 4.78 is 1.47. The van der Waals surface area contributed by atoms with Gasteiger partial charge in [0.05, 0.1) is 0 Å². The Hall–Kier alpha value is -1.76. The SMILES string of the molecule is CN(CC1CCNCC1)c1ccc2nnnn2n1. The van der Waals surface area contributed by atoms with Crippen LogP contribution in [0.15, 0.2) is 12.1 Å². The van der Waals surface area contributed by atoms with Gasteiger partial charge in [-0.25, -0.2) is 0 Å². The van der Waals surface area contributed by atoms with Crippen molar-refractivity contribution >= 4 is 11.5 Å². The Labute approximate surface area is 105 Å². The Morgan fingerprint density at radius 2 is 2.22 bits per heavy atom. The van der Waals surface area contributed by atoms with Crippen LogP contribution in [0.5, 0.6) is 0 Å². The maximum Gasteiger partial charge on any atom is 0.200 e. The summed E-state index contributed by atoms with van der Waals surface area (Å²) in [6.07, 6.45) is 2.47. The molecule has 3 heterocycles. The van der Waals surface area contributed by atoms with E-state index in [9.17, 15) is 0 Å². The second-order valence-corrected chi connectivity index (χ2v) is 4.79. The van der Waals surface area contributed by atoms with E-state index in [1.807, 2.05) is 12.1 Å². The number of rotatable bonds is 3. The third kappa shape index (κ3) is 2.26. The molecular formula is C11H17N7. The lowest BCUT2D eigenvalue weighted by Crippen LogP contribution is -2.35. The van der Waals surface area contributed by atoms with Gasteiger partial charge in [-0.2, -0.15) is 0 Å². The van der Waals surface area contributed by atoms with Crippen LogP contribution in [0.1, 0.15) is 12.8 Å². The number of hydrogen-bond donors (Lipinski definition) is 1. The van der Waals surface area contributed by atoms with Gasteiger partial charge in [0.15, 0.2) is 11.5 Å². The van der Waals surface area contributed by atoms with E-state index < -0.39 is 0 Å². The molecule has 0 unspecified atom stereocenters. The third-order valence-corrected chi connectivity index (χ3v) is 3.44. The molecule has 2 aromatic rings. The van der Waals surface area contributed by atoms with Crippen molar-refractivity contribution in [3.05, 3.63) is 12.1 Å². The van der Waals surface area contributed by atoms with Gasteiger partial charge in [0.1, 0.15) is 0 Å². The van der Waals surface area contributed by atoms with E-state index in [1.165, 1.54) is 17.5 Å². The predicted octanol–water partition coefficient (Wildman–Crippen LogP) is -0.0449. The maximum absolute atomic E-state index is 4.39. The third-order valence-electron chi connectivity index (χ3n) is 3.44. The number of hydrogen-bond acceptors (Lipinski definition) is 6. The first-order valence-corrected chi connectivity index (χ1v) is 6.30. The molecule has 0 radical (unpaired) electrons. The molecule has 1 aliphatic heterocycles. The monoisotopic (exact) mass is 247 g/mol. The molecule has 0 spiro atoms. The quantitative estimate of drug-likeness (QED) is 0.820. The van der Waals surface area contributed by atoms with E-state index in [4.69, 9.17) is 0 Å². The van der Waals surface area contributed by atoms with Gasteiger partial charge in [-0.05, 0) is 54.4 Å². The summed E-state index contributed by atoms with van der Waals surface area (Å²) in [6.45, 7) is 3.28. The Morgan fingerprint density at radius 1 is 1.39 bits per heavy atom. The number of anilines is 1. The van der Waals surface area contributed by atoms with Gasteiger partial charge in [0, 0.05) is 13.6 Å². The molecule has 7 nitrogen and oxygen atoms in total. The fourth-order valence-corrected chi connectivity index (χ4v) is 2.39. The summed E-state index contributed by atoms with van der Waals surface area (Å²) in [5.41, 5.74) is 0.675. The summed E-state index contributed by atoms with van der Waals surface area (Å²) in [5, 5.41) is 19.0. The smallest absolute Gasteiger partial charge is 0.200 e. The molecule has 0 atom stereocenters. The second kappa shape index (κ2) is 4.85. The first-order chi connectivity index (χ1) is 8.83. The number of nitrogens with one attached hydrogen (secondary N) is 1. The highest BCUT2D eigenvalue weighted by atomic mass is 15.6. The highest BCUT2D eigenvalue weighted by Gasteiger charge is 2.16. The average molecular weight is 247 g/mol. The van der Waals surface area contributed by atoms with Crippen molar-refractivity contribution in [2.45, 2.75) is 12.8 Å². The van der Waals surface area contributed by atoms with Crippen LogP contribution in [0.4, 0.5) is 5.82 Å². The van der Waals surface area contributed by atoms with Crippen molar-refractivity contribution in [1.29, 1.82) is 0 Å². The molecule has 3 rings (SSSR count).